The van der Waals surface area contributed by atoms with E-state index in [4.69, 9.17) is 14.0 Å². The molecule has 1 atom stereocenters. The Morgan fingerprint density at radius 1 is 0.970 bits per heavy atom. The van der Waals surface area contributed by atoms with Crippen LogP contribution in [0.1, 0.15) is 11.3 Å². The van der Waals surface area contributed by atoms with E-state index in [1.165, 1.54) is 0 Å². The molecular weight excluding hydrogens is 420 g/mol. The van der Waals surface area contributed by atoms with Crippen LogP contribution in [0, 0.1) is 0 Å². The molecule has 1 unspecified atom stereocenters. The zero-order valence-corrected chi connectivity index (χ0v) is 18.5. The lowest BCUT2D eigenvalue weighted by Crippen LogP contribution is -2.63. The zero-order chi connectivity index (χ0) is 22.5. The van der Waals surface area contributed by atoms with Crippen LogP contribution in [0.25, 0.3) is 11.3 Å². The van der Waals surface area contributed by atoms with E-state index in [-0.39, 0.29) is 6.03 Å². The van der Waals surface area contributed by atoms with E-state index in [1.54, 1.807) is 4.90 Å². The Hall–Kier alpha value is -3.20. The number of hydrogen-bond acceptors (Lipinski definition) is 6. The normalized spacial score (nSPS) is 21.3. The second-order valence-electron chi connectivity index (χ2n) is 8.43. The summed E-state index contributed by atoms with van der Waals surface area (Å²) < 4.78 is 17.7. The number of carbonyl (C=O) groups is 1. The van der Waals surface area contributed by atoms with Crippen LogP contribution < -0.4 is 5.32 Å². The second kappa shape index (κ2) is 9.74. The van der Waals surface area contributed by atoms with Gasteiger partial charge in [-0.25, -0.2) is 4.79 Å². The summed E-state index contributed by atoms with van der Waals surface area (Å²) in [6, 6.07) is 21.7. The average molecular weight is 449 g/mol. The van der Waals surface area contributed by atoms with Crippen molar-refractivity contribution in [3.63, 3.8) is 0 Å². The van der Waals surface area contributed by atoms with Crippen LogP contribution in [0.15, 0.2) is 71.3 Å². The molecule has 1 N–H and O–H groups in total. The van der Waals surface area contributed by atoms with Crippen molar-refractivity contribution in [2.75, 3.05) is 39.4 Å². The van der Waals surface area contributed by atoms with Gasteiger partial charge in [0.25, 0.3) is 0 Å². The first kappa shape index (κ1) is 21.6. The van der Waals surface area contributed by atoms with E-state index in [0.717, 1.165) is 29.1 Å². The van der Waals surface area contributed by atoms with E-state index in [0.29, 0.717) is 45.9 Å². The first-order chi connectivity index (χ1) is 16.2. The van der Waals surface area contributed by atoms with Crippen LogP contribution in [-0.2, 0) is 22.6 Å². The van der Waals surface area contributed by atoms with Crippen molar-refractivity contribution in [2.24, 2.45) is 0 Å². The summed E-state index contributed by atoms with van der Waals surface area (Å²) in [5, 5.41) is 7.21. The lowest BCUT2D eigenvalue weighted by molar-refractivity contribution is -0.287. The lowest BCUT2D eigenvalue weighted by atomic mass is 10.1. The van der Waals surface area contributed by atoms with Gasteiger partial charge in [0.15, 0.2) is 11.5 Å². The molecule has 5 rings (SSSR count). The van der Waals surface area contributed by atoms with Crippen LogP contribution in [-0.4, -0.2) is 66.2 Å². The molecule has 2 aromatic carbocycles. The highest BCUT2D eigenvalue weighted by Gasteiger charge is 2.43. The molecule has 2 amide bonds. The third-order valence-electron chi connectivity index (χ3n) is 5.98. The number of morpholine rings is 2. The molecule has 8 nitrogen and oxygen atoms in total. The third kappa shape index (κ3) is 5.24. The molecule has 33 heavy (non-hydrogen) atoms. The van der Waals surface area contributed by atoms with Gasteiger partial charge in [0.05, 0.1) is 32.8 Å². The number of amides is 2. The molecule has 2 saturated heterocycles. The highest BCUT2D eigenvalue weighted by atomic mass is 16.7. The maximum absolute atomic E-state index is 12.8. The maximum atomic E-state index is 12.8. The monoisotopic (exact) mass is 448 g/mol. The molecule has 1 aromatic heterocycles. The Labute approximate surface area is 193 Å². The maximum Gasteiger partial charge on any atom is 0.317 e. The fraction of sp³-hybridized carbons (Fsp3) is 0.360. The topological polar surface area (TPSA) is 80.1 Å². The first-order valence-corrected chi connectivity index (χ1v) is 11.3. The van der Waals surface area contributed by atoms with E-state index < -0.39 is 5.79 Å². The number of benzene rings is 2. The summed E-state index contributed by atoms with van der Waals surface area (Å²) in [5.74, 6) is -0.0396. The fourth-order valence-electron chi connectivity index (χ4n) is 4.31. The summed E-state index contributed by atoms with van der Waals surface area (Å²) in [6.45, 7) is 4.29. The van der Waals surface area contributed by atoms with E-state index in [2.05, 4.69) is 15.4 Å². The summed E-state index contributed by atoms with van der Waals surface area (Å²) in [7, 11) is 0. The number of ether oxygens (including phenoxy) is 2. The molecule has 8 heteroatoms. The van der Waals surface area contributed by atoms with Crippen molar-refractivity contribution < 1.29 is 18.8 Å². The molecule has 0 saturated carbocycles. The number of urea groups is 1. The van der Waals surface area contributed by atoms with Gasteiger partial charge in [-0.15, -0.1) is 0 Å². The first-order valence-electron chi connectivity index (χ1n) is 11.3. The van der Waals surface area contributed by atoms with Crippen LogP contribution in [0.2, 0.25) is 0 Å². The molecule has 3 heterocycles. The standard InChI is InChI=1S/C25H28N4O4/c30-24(26-16-20-7-3-1-4-8-20)29-12-14-32-25(19-29)18-28(11-13-31-25)17-22-15-23(27-33-22)21-9-5-2-6-10-21/h1-10,15H,11-14,16-19H2,(H,26,30). The van der Waals surface area contributed by atoms with Crippen molar-refractivity contribution in [3.05, 3.63) is 78.1 Å². The number of carbonyl (C=O) groups excluding carboxylic acids is 1. The van der Waals surface area contributed by atoms with Crippen molar-refractivity contribution in [3.8, 4) is 11.3 Å². The minimum absolute atomic E-state index is 0.106. The van der Waals surface area contributed by atoms with Crippen molar-refractivity contribution >= 4 is 6.03 Å². The Morgan fingerprint density at radius 2 is 1.70 bits per heavy atom. The molecule has 2 aliphatic rings. The van der Waals surface area contributed by atoms with Gasteiger partial charge in [-0.3, -0.25) is 4.90 Å². The predicted octanol–water partition coefficient (Wildman–Crippen LogP) is 3.11. The van der Waals surface area contributed by atoms with Crippen molar-refractivity contribution in [1.82, 2.24) is 20.3 Å². The lowest BCUT2D eigenvalue weighted by Gasteiger charge is -2.47. The smallest absolute Gasteiger partial charge is 0.317 e. The van der Waals surface area contributed by atoms with E-state index >= 15 is 0 Å². The van der Waals surface area contributed by atoms with Gasteiger partial charge in [-0.05, 0) is 5.56 Å². The zero-order valence-electron chi connectivity index (χ0n) is 18.5. The minimum atomic E-state index is -0.830. The average Bonchev–Trinajstić information content (AvgIpc) is 3.32. The second-order valence-corrected chi connectivity index (χ2v) is 8.43. The van der Waals surface area contributed by atoms with Gasteiger partial charge in [-0.2, -0.15) is 0 Å². The molecule has 0 radical (unpaired) electrons. The summed E-state index contributed by atoms with van der Waals surface area (Å²) in [5.41, 5.74) is 2.92. The number of nitrogens with zero attached hydrogens (tertiary/aromatic N) is 3. The van der Waals surface area contributed by atoms with Gasteiger partial charge in [0.1, 0.15) is 5.69 Å². The minimum Gasteiger partial charge on any atom is -0.359 e. The highest BCUT2D eigenvalue weighted by molar-refractivity contribution is 5.74. The molecule has 172 valence electrons. The van der Waals surface area contributed by atoms with E-state index in [1.807, 2.05) is 66.7 Å². The number of nitrogens with one attached hydrogen (secondary N) is 1. The van der Waals surface area contributed by atoms with Crippen molar-refractivity contribution in [2.45, 2.75) is 18.9 Å². The molecule has 3 aromatic rings. The Bertz CT molecular complexity index is 1050. The summed E-state index contributed by atoms with van der Waals surface area (Å²) in [4.78, 5) is 16.8. The number of hydrogen-bond donors (Lipinski definition) is 1. The Balaban J connectivity index is 1.18. The van der Waals surface area contributed by atoms with Crippen LogP contribution >= 0.6 is 0 Å². The van der Waals surface area contributed by atoms with Crippen molar-refractivity contribution in [1.29, 1.82) is 0 Å². The predicted molar refractivity (Wildman–Crippen MR) is 122 cm³/mol. The van der Waals surface area contributed by atoms with Gasteiger partial charge in [0.2, 0.25) is 0 Å². The molecule has 0 bridgehead atoms. The number of aromatic nitrogens is 1. The molecule has 1 spiro atoms. The molecule has 2 aliphatic heterocycles. The van der Waals surface area contributed by atoms with Gasteiger partial charge >= 0.3 is 6.03 Å². The largest absolute Gasteiger partial charge is 0.359 e. The molecule has 2 fully saturated rings. The Kier molecular flexibility index (Phi) is 6.39. The summed E-state index contributed by atoms with van der Waals surface area (Å²) >= 11 is 0. The van der Waals surface area contributed by atoms with Gasteiger partial charge in [-0.1, -0.05) is 65.8 Å². The fourth-order valence-corrected chi connectivity index (χ4v) is 4.31. The van der Waals surface area contributed by atoms with E-state index in [9.17, 15) is 4.79 Å². The van der Waals surface area contributed by atoms with Crippen LogP contribution in [0.5, 0.6) is 0 Å². The highest BCUT2D eigenvalue weighted by Crippen LogP contribution is 2.26. The van der Waals surface area contributed by atoms with Gasteiger partial charge < -0.3 is 24.2 Å². The SMILES string of the molecule is O=C(NCc1ccccc1)N1CCOC2(CN(Cc3cc(-c4ccccc4)no3)CCO2)C1. The van der Waals surface area contributed by atoms with Crippen LogP contribution in [0.3, 0.4) is 0 Å². The molecule has 0 aliphatic carbocycles. The third-order valence-corrected chi connectivity index (χ3v) is 5.98. The number of rotatable bonds is 5. The Morgan fingerprint density at radius 3 is 2.48 bits per heavy atom. The quantitative estimate of drug-likeness (QED) is 0.646. The molecular formula is C25H28N4O4. The van der Waals surface area contributed by atoms with Gasteiger partial charge in [0, 0.05) is 31.3 Å². The van der Waals surface area contributed by atoms with Crippen LogP contribution in [0.4, 0.5) is 4.79 Å². The summed E-state index contributed by atoms with van der Waals surface area (Å²) in [6.07, 6.45) is 0.